The highest BCUT2D eigenvalue weighted by molar-refractivity contribution is 5.58. The number of para-hydroxylation sites is 1. The molecule has 0 spiro atoms. The van der Waals surface area contributed by atoms with Crippen LogP contribution in [0.5, 0.6) is 0 Å². The Morgan fingerprint density at radius 1 is 1.19 bits per heavy atom. The van der Waals surface area contributed by atoms with Crippen molar-refractivity contribution < 1.29 is 4.39 Å². The highest BCUT2D eigenvalue weighted by Crippen LogP contribution is 2.24. The van der Waals surface area contributed by atoms with Gasteiger partial charge in [-0.2, -0.15) is 5.26 Å². The van der Waals surface area contributed by atoms with Gasteiger partial charge in [0.15, 0.2) is 0 Å². The molecule has 1 atom stereocenters. The van der Waals surface area contributed by atoms with Crippen molar-refractivity contribution in [1.82, 2.24) is 0 Å². The lowest BCUT2D eigenvalue weighted by atomic mass is 10.1. The van der Waals surface area contributed by atoms with E-state index in [0.29, 0.717) is 11.3 Å². The Morgan fingerprint density at radius 3 is 2.76 bits per heavy atom. The molecule has 3 rings (SSSR count). The second-order valence-electron chi connectivity index (χ2n) is 5.21. The molecule has 0 bridgehead atoms. The standard InChI is InChI=1S/C17H16FN3/c18-14-6-7-17(13(10-14)11-19)20-15-8-9-21(12-15)16-4-2-1-3-5-16/h1-7,10,15,20H,8-9,12H2. The van der Waals surface area contributed by atoms with Crippen LogP contribution in [-0.2, 0) is 0 Å². The number of nitriles is 1. The third-order valence-electron chi connectivity index (χ3n) is 3.77. The van der Waals surface area contributed by atoms with Gasteiger partial charge in [-0.1, -0.05) is 18.2 Å². The molecule has 1 unspecified atom stereocenters. The van der Waals surface area contributed by atoms with Crippen LogP contribution in [0.25, 0.3) is 0 Å². The molecule has 2 aromatic carbocycles. The van der Waals surface area contributed by atoms with E-state index in [1.54, 1.807) is 6.07 Å². The molecule has 1 saturated heterocycles. The Hall–Kier alpha value is -2.54. The number of hydrogen-bond acceptors (Lipinski definition) is 3. The van der Waals surface area contributed by atoms with Gasteiger partial charge in [-0.3, -0.25) is 0 Å². The first kappa shape index (κ1) is 13.4. The molecule has 2 aromatic rings. The van der Waals surface area contributed by atoms with Gasteiger partial charge in [-0.25, -0.2) is 4.39 Å². The molecule has 0 aliphatic carbocycles. The van der Waals surface area contributed by atoms with Crippen LogP contribution in [0.1, 0.15) is 12.0 Å². The quantitative estimate of drug-likeness (QED) is 0.937. The largest absolute Gasteiger partial charge is 0.379 e. The number of hydrogen-bond donors (Lipinski definition) is 1. The molecule has 0 aromatic heterocycles. The van der Waals surface area contributed by atoms with Crippen LogP contribution in [0.4, 0.5) is 15.8 Å². The highest BCUT2D eigenvalue weighted by Gasteiger charge is 2.23. The van der Waals surface area contributed by atoms with Crippen LogP contribution >= 0.6 is 0 Å². The zero-order valence-corrected chi connectivity index (χ0v) is 11.6. The number of rotatable bonds is 3. The normalized spacial score (nSPS) is 17.5. The summed E-state index contributed by atoms with van der Waals surface area (Å²) in [5.41, 5.74) is 2.27. The molecule has 1 fully saturated rings. The molecule has 1 heterocycles. The summed E-state index contributed by atoms with van der Waals surface area (Å²) in [5, 5.41) is 12.4. The van der Waals surface area contributed by atoms with Crippen LogP contribution in [0.2, 0.25) is 0 Å². The van der Waals surface area contributed by atoms with E-state index in [1.165, 1.54) is 17.8 Å². The summed E-state index contributed by atoms with van der Waals surface area (Å²) < 4.78 is 13.1. The van der Waals surface area contributed by atoms with E-state index in [0.717, 1.165) is 19.5 Å². The summed E-state index contributed by atoms with van der Waals surface area (Å²) in [4.78, 5) is 2.31. The monoisotopic (exact) mass is 281 g/mol. The van der Waals surface area contributed by atoms with E-state index in [-0.39, 0.29) is 11.9 Å². The Balaban J connectivity index is 1.69. The van der Waals surface area contributed by atoms with Gasteiger partial charge in [0, 0.05) is 24.8 Å². The van der Waals surface area contributed by atoms with E-state index < -0.39 is 0 Å². The van der Waals surface area contributed by atoms with Gasteiger partial charge in [0.2, 0.25) is 0 Å². The van der Waals surface area contributed by atoms with Crippen LogP contribution < -0.4 is 10.2 Å². The molecule has 0 amide bonds. The fourth-order valence-corrected chi connectivity index (χ4v) is 2.71. The second-order valence-corrected chi connectivity index (χ2v) is 5.21. The Morgan fingerprint density at radius 2 is 2.00 bits per heavy atom. The van der Waals surface area contributed by atoms with E-state index in [1.807, 2.05) is 24.3 Å². The molecule has 21 heavy (non-hydrogen) atoms. The summed E-state index contributed by atoms with van der Waals surface area (Å²) in [5.74, 6) is -0.380. The molecule has 3 nitrogen and oxygen atoms in total. The third kappa shape index (κ3) is 2.97. The Kier molecular flexibility index (Phi) is 3.74. The Labute approximate surface area is 123 Å². The molecular formula is C17H16FN3. The van der Waals surface area contributed by atoms with Crippen molar-refractivity contribution in [1.29, 1.82) is 5.26 Å². The third-order valence-corrected chi connectivity index (χ3v) is 3.77. The van der Waals surface area contributed by atoms with Crippen molar-refractivity contribution in [2.24, 2.45) is 0 Å². The summed E-state index contributed by atoms with van der Waals surface area (Å²) >= 11 is 0. The van der Waals surface area contributed by atoms with Crippen molar-refractivity contribution in [3.63, 3.8) is 0 Å². The first-order valence-electron chi connectivity index (χ1n) is 7.02. The number of halogens is 1. The lowest BCUT2D eigenvalue weighted by Crippen LogP contribution is -2.26. The van der Waals surface area contributed by atoms with Gasteiger partial charge >= 0.3 is 0 Å². The van der Waals surface area contributed by atoms with Gasteiger partial charge in [-0.05, 0) is 36.8 Å². The van der Waals surface area contributed by atoms with E-state index in [2.05, 4.69) is 22.3 Å². The van der Waals surface area contributed by atoms with Crippen LogP contribution in [0.3, 0.4) is 0 Å². The van der Waals surface area contributed by atoms with Gasteiger partial charge in [0.05, 0.1) is 11.3 Å². The van der Waals surface area contributed by atoms with Crippen molar-refractivity contribution in [2.45, 2.75) is 12.5 Å². The molecule has 0 radical (unpaired) electrons. The molecular weight excluding hydrogens is 265 g/mol. The van der Waals surface area contributed by atoms with Gasteiger partial charge < -0.3 is 10.2 Å². The minimum absolute atomic E-state index is 0.266. The van der Waals surface area contributed by atoms with Crippen molar-refractivity contribution >= 4 is 11.4 Å². The van der Waals surface area contributed by atoms with E-state index >= 15 is 0 Å². The molecule has 106 valence electrons. The second kappa shape index (κ2) is 5.84. The minimum atomic E-state index is -0.380. The number of nitrogens with zero attached hydrogens (tertiary/aromatic N) is 2. The maximum atomic E-state index is 13.1. The number of nitrogens with one attached hydrogen (secondary N) is 1. The molecule has 0 saturated carbocycles. The SMILES string of the molecule is N#Cc1cc(F)ccc1NC1CCN(c2ccccc2)C1. The molecule has 1 aliphatic rings. The zero-order chi connectivity index (χ0) is 14.7. The molecule has 1 aliphatic heterocycles. The summed E-state index contributed by atoms with van der Waals surface area (Å²) in [6.07, 6.45) is 0.997. The van der Waals surface area contributed by atoms with Crippen molar-refractivity contribution in [3.8, 4) is 6.07 Å². The van der Waals surface area contributed by atoms with E-state index in [4.69, 9.17) is 5.26 Å². The topological polar surface area (TPSA) is 39.1 Å². The van der Waals surface area contributed by atoms with Gasteiger partial charge in [-0.15, -0.1) is 0 Å². The maximum Gasteiger partial charge on any atom is 0.124 e. The van der Waals surface area contributed by atoms with Gasteiger partial charge in [0.1, 0.15) is 11.9 Å². The predicted octanol–water partition coefficient (Wildman–Crippen LogP) is 3.39. The Bertz CT molecular complexity index is 663. The average molecular weight is 281 g/mol. The van der Waals surface area contributed by atoms with Crippen molar-refractivity contribution in [3.05, 3.63) is 59.9 Å². The minimum Gasteiger partial charge on any atom is -0.379 e. The first-order chi connectivity index (χ1) is 10.3. The zero-order valence-electron chi connectivity index (χ0n) is 11.6. The lowest BCUT2D eigenvalue weighted by molar-refractivity contribution is 0.627. The van der Waals surface area contributed by atoms with Crippen LogP contribution in [0, 0.1) is 17.1 Å². The van der Waals surface area contributed by atoms with E-state index in [9.17, 15) is 4.39 Å². The number of benzene rings is 2. The highest BCUT2D eigenvalue weighted by atomic mass is 19.1. The molecule has 4 heteroatoms. The first-order valence-corrected chi connectivity index (χ1v) is 7.02. The summed E-state index contributed by atoms with van der Waals surface area (Å²) in [7, 11) is 0. The summed E-state index contributed by atoms with van der Waals surface area (Å²) in [6.45, 7) is 1.86. The average Bonchev–Trinajstić information content (AvgIpc) is 2.98. The van der Waals surface area contributed by atoms with Gasteiger partial charge in [0.25, 0.3) is 0 Å². The summed E-state index contributed by atoms with van der Waals surface area (Å²) in [6, 6.07) is 16.9. The predicted molar refractivity (Wildman–Crippen MR) is 81.8 cm³/mol. The number of anilines is 2. The fourth-order valence-electron chi connectivity index (χ4n) is 2.71. The van der Waals surface area contributed by atoms with Crippen LogP contribution in [0.15, 0.2) is 48.5 Å². The smallest absolute Gasteiger partial charge is 0.124 e. The van der Waals surface area contributed by atoms with Crippen molar-refractivity contribution in [2.75, 3.05) is 23.3 Å². The maximum absolute atomic E-state index is 13.1. The molecule has 1 N–H and O–H groups in total. The lowest BCUT2D eigenvalue weighted by Gasteiger charge is -2.19. The fraction of sp³-hybridized carbons (Fsp3) is 0.235. The van der Waals surface area contributed by atoms with Crippen LogP contribution in [-0.4, -0.2) is 19.1 Å².